The Hall–Kier alpha value is -1.86. The molecule has 0 fully saturated rings. The van der Waals surface area contributed by atoms with E-state index in [1.165, 1.54) is 0 Å². The fourth-order valence-corrected chi connectivity index (χ4v) is 0.884. The zero-order valence-electron chi connectivity index (χ0n) is 6.82. The topological polar surface area (TPSA) is 73.1 Å². The minimum absolute atomic E-state index is 0.0554. The molecular weight excluding hydrogens is 168 g/mol. The van der Waals surface area contributed by atoms with Gasteiger partial charge in [-0.1, -0.05) is 12.1 Å². The van der Waals surface area contributed by atoms with E-state index in [0.717, 1.165) is 5.56 Å². The Morgan fingerprint density at radius 1 is 1.46 bits per heavy atom. The van der Waals surface area contributed by atoms with Crippen molar-refractivity contribution in [2.24, 2.45) is 0 Å². The lowest BCUT2D eigenvalue weighted by Gasteiger charge is -1.98. The summed E-state index contributed by atoms with van der Waals surface area (Å²) in [5.41, 5.74) is 1.13. The molecule has 0 aliphatic carbocycles. The molecule has 0 aliphatic heterocycles. The molecule has 0 heterocycles. The number of amides is 1. The largest absolute Gasteiger partial charge is 0.392 e. The van der Waals surface area contributed by atoms with Gasteiger partial charge in [-0.05, 0) is 17.7 Å². The highest BCUT2D eigenvalue weighted by molar-refractivity contribution is 5.95. The highest BCUT2D eigenvalue weighted by atomic mass is 16.3. The first-order chi connectivity index (χ1) is 6.27. The summed E-state index contributed by atoms with van der Waals surface area (Å²) in [7, 11) is 0. The molecule has 1 rings (SSSR count). The van der Waals surface area contributed by atoms with Crippen LogP contribution in [0.25, 0.3) is 0 Å². The number of nitrogens with one attached hydrogen (secondary N) is 1. The Labute approximate surface area is 75.4 Å². The van der Waals surface area contributed by atoms with Crippen LogP contribution in [0.2, 0.25) is 0 Å². The molecule has 4 heteroatoms. The summed E-state index contributed by atoms with van der Waals surface area (Å²) in [5.74, 6) is -0.438. The molecule has 0 saturated heterocycles. The van der Waals surface area contributed by atoms with Crippen LogP contribution >= 0.6 is 0 Å². The van der Waals surface area contributed by atoms with Gasteiger partial charge in [-0.2, -0.15) is 5.26 Å². The van der Waals surface area contributed by atoms with Crippen molar-refractivity contribution in [1.82, 2.24) is 5.32 Å². The first-order valence-electron chi connectivity index (χ1n) is 3.67. The lowest BCUT2D eigenvalue weighted by Crippen LogP contribution is -2.17. The van der Waals surface area contributed by atoms with Crippen LogP contribution in [0.5, 0.6) is 0 Å². The molecule has 2 N–H and O–H groups in total. The number of carbonyl (C=O) groups is 1. The predicted molar refractivity (Wildman–Crippen MR) is 45.4 cm³/mol. The van der Waals surface area contributed by atoms with E-state index in [9.17, 15) is 4.79 Å². The molecule has 1 aromatic rings. The van der Waals surface area contributed by atoms with Crippen LogP contribution in [-0.2, 0) is 6.61 Å². The molecule has 0 aliphatic rings. The minimum Gasteiger partial charge on any atom is -0.392 e. The number of nitriles is 1. The van der Waals surface area contributed by atoms with E-state index in [4.69, 9.17) is 10.4 Å². The average Bonchev–Trinajstić information content (AvgIpc) is 2.18. The molecule has 0 radical (unpaired) electrons. The van der Waals surface area contributed by atoms with Gasteiger partial charge in [0.15, 0.2) is 6.19 Å². The third kappa shape index (κ3) is 2.29. The Morgan fingerprint density at radius 2 is 2.08 bits per heavy atom. The fraction of sp³-hybridized carbons (Fsp3) is 0.111. The molecule has 0 atom stereocenters. The molecule has 0 spiro atoms. The second-order valence-electron chi connectivity index (χ2n) is 2.42. The Bertz CT molecular complexity index is 338. The smallest absolute Gasteiger partial charge is 0.264 e. The first-order valence-corrected chi connectivity index (χ1v) is 3.67. The molecule has 4 nitrogen and oxygen atoms in total. The van der Waals surface area contributed by atoms with Gasteiger partial charge in [0.05, 0.1) is 6.61 Å². The van der Waals surface area contributed by atoms with E-state index in [-0.39, 0.29) is 6.61 Å². The molecule has 1 aromatic carbocycles. The van der Waals surface area contributed by atoms with Crippen LogP contribution in [0.1, 0.15) is 15.9 Å². The summed E-state index contributed by atoms with van der Waals surface area (Å²) in [4.78, 5) is 11.0. The Kier molecular flexibility index (Phi) is 3.01. The molecular formula is C9H8N2O2. The number of aliphatic hydroxyl groups is 1. The van der Waals surface area contributed by atoms with Crippen molar-refractivity contribution >= 4 is 5.91 Å². The maximum atomic E-state index is 11.0. The summed E-state index contributed by atoms with van der Waals surface area (Å²) < 4.78 is 0. The highest BCUT2D eigenvalue weighted by Gasteiger charge is 2.02. The van der Waals surface area contributed by atoms with E-state index in [0.29, 0.717) is 5.56 Å². The van der Waals surface area contributed by atoms with Gasteiger partial charge in [-0.3, -0.25) is 10.1 Å². The standard InChI is InChI=1S/C9H8N2O2/c10-6-11-9(13)8-3-1-7(5-12)2-4-8/h1-4,12H,5H2,(H,11,13). The second kappa shape index (κ2) is 4.24. The van der Waals surface area contributed by atoms with Gasteiger partial charge < -0.3 is 5.11 Å². The van der Waals surface area contributed by atoms with Crippen LogP contribution in [0, 0.1) is 11.5 Å². The molecule has 0 bridgehead atoms. The van der Waals surface area contributed by atoms with Crippen LogP contribution in [0.4, 0.5) is 0 Å². The number of hydrogen-bond acceptors (Lipinski definition) is 3. The van der Waals surface area contributed by atoms with Crippen LogP contribution in [0.3, 0.4) is 0 Å². The summed E-state index contributed by atoms with van der Waals surface area (Å²) in [5, 5.41) is 18.9. The van der Waals surface area contributed by atoms with Gasteiger partial charge in [0.2, 0.25) is 0 Å². The number of rotatable bonds is 2. The van der Waals surface area contributed by atoms with Crippen molar-refractivity contribution in [2.45, 2.75) is 6.61 Å². The molecule has 13 heavy (non-hydrogen) atoms. The monoisotopic (exact) mass is 176 g/mol. The van der Waals surface area contributed by atoms with Crippen LogP contribution in [-0.4, -0.2) is 11.0 Å². The summed E-state index contributed by atoms with van der Waals surface area (Å²) in [6, 6.07) is 6.37. The molecule has 0 aromatic heterocycles. The third-order valence-corrected chi connectivity index (χ3v) is 1.57. The van der Waals surface area contributed by atoms with E-state index in [2.05, 4.69) is 0 Å². The number of nitrogens with zero attached hydrogens (tertiary/aromatic N) is 1. The number of hydrogen-bond donors (Lipinski definition) is 2. The summed E-state index contributed by atoms with van der Waals surface area (Å²) in [6.45, 7) is -0.0554. The zero-order valence-corrected chi connectivity index (χ0v) is 6.82. The van der Waals surface area contributed by atoms with Crippen molar-refractivity contribution in [1.29, 1.82) is 5.26 Å². The third-order valence-electron chi connectivity index (χ3n) is 1.57. The average molecular weight is 176 g/mol. The van der Waals surface area contributed by atoms with E-state index in [1.807, 2.05) is 5.32 Å². The van der Waals surface area contributed by atoms with Crippen LogP contribution in [0.15, 0.2) is 24.3 Å². The normalized spacial score (nSPS) is 8.92. The summed E-state index contributed by atoms with van der Waals surface area (Å²) >= 11 is 0. The van der Waals surface area contributed by atoms with Crippen molar-refractivity contribution in [3.05, 3.63) is 35.4 Å². The number of carbonyl (C=O) groups excluding carboxylic acids is 1. The fourth-order valence-electron chi connectivity index (χ4n) is 0.884. The molecule has 0 saturated carbocycles. The van der Waals surface area contributed by atoms with Gasteiger partial charge in [-0.25, -0.2) is 0 Å². The van der Waals surface area contributed by atoms with Crippen molar-refractivity contribution < 1.29 is 9.90 Å². The lowest BCUT2D eigenvalue weighted by atomic mass is 10.1. The van der Waals surface area contributed by atoms with E-state index < -0.39 is 5.91 Å². The Balaban J connectivity index is 2.81. The quantitative estimate of drug-likeness (QED) is 0.505. The van der Waals surface area contributed by atoms with Gasteiger partial charge >= 0.3 is 0 Å². The number of benzene rings is 1. The first kappa shape index (κ1) is 9.23. The predicted octanol–water partition coefficient (Wildman–Crippen LogP) is 0.390. The van der Waals surface area contributed by atoms with Crippen molar-refractivity contribution in [3.8, 4) is 6.19 Å². The van der Waals surface area contributed by atoms with Gasteiger partial charge in [0, 0.05) is 5.56 Å². The molecule has 1 amide bonds. The van der Waals surface area contributed by atoms with E-state index >= 15 is 0 Å². The summed E-state index contributed by atoms with van der Waals surface area (Å²) in [6.07, 6.45) is 1.55. The van der Waals surface area contributed by atoms with Crippen LogP contribution < -0.4 is 5.32 Å². The molecule has 0 unspecified atom stereocenters. The second-order valence-corrected chi connectivity index (χ2v) is 2.42. The zero-order chi connectivity index (χ0) is 9.68. The van der Waals surface area contributed by atoms with Gasteiger partial charge in [0.1, 0.15) is 0 Å². The van der Waals surface area contributed by atoms with E-state index in [1.54, 1.807) is 30.5 Å². The number of aliphatic hydroxyl groups excluding tert-OH is 1. The SMILES string of the molecule is N#CNC(=O)c1ccc(CO)cc1. The van der Waals surface area contributed by atoms with Gasteiger partial charge in [0.25, 0.3) is 5.91 Å². The van der Waals surface area contributed by atoms with Crippen molar-refractivity contribution in [3.63, 3.8) is 0 Å². The lowest BCUT2D eigenvalue weighted by molar-refractivity contribution is 0.0973. The maximum Gasteiger partial charge on any atom is 0.264 e. The molecule has 66 valence electrons. The van der Waals surface area contributed by atoms with Crippen molar-refractivity contribution in [2.75, 3.05) is 0 Å². The minimum atomic E-state index is -0.438. The Morgan fingerprint density at radius 3 is 2.54 bits per heavy atom. The highest BCUT2D eigenvalue weighted by Crippen LogP contribution is 2.03. The maximum absolute atomic E-state index is 11.0. The van der Waals surface area contributed by atoms with Gasteiger partial charge in [-0.15, -0.1) is 0 Å².